The lowest BCUT2D eigenvalue weighted by Gasteiger charge is -2.29. The second-order valence-corrected chi connectivity index (χ2v) is 7.51. The Balaban J connectivity index is 1.78. The van der Waals surface area contributed by atoms with Gasteiger partial charge in [0.2, 0.25) is 5.91 Å². The van der Waals surface area contributed by atoms with Crippen LogP contribution < -0.4 is 9.62 Å². The Labute approximate surface area is 148 Å². The number of rotatable bonds is 3. The van der Waals surface area contributed by atoms with E-state index in [1.807, 2.05) is 6.07 Å². The van der Waals surface area contributed by atoms with Crippen molar-refractivity contribution in [3.63, 3.8) is 0 Å². The summed E-state index contributed by atoms with van der Waals surface area (Å²) in [7, 11) is -4.09. The zero-order chi connectivity index (χ0) is 18.3. The molecule has 26 heavy (non-hydrogen) atoms. The second-order valence-electron chi connectivity index (χ2n) is 5.65. The van der Waals surface area contributed by atoms with Gasteiger partial charge in [-0.1, -0.05) is 24.3 Å². The molecule has 2 heterocycles. The first kappa shape index (κ1) is 16.3. The third-order valence-corrected chi connectivity index (χ3v) is 5.69. The highest BCUT2D eigenvalue weighted by atomic mass is 32.2. The van der Waals surface area contributed by atoms with Crippen molar-refractivity contribution in [2.24, 2.45) is 0 Å². The summed E-state index contributed by atoms with van der Waals surface area (Å²) in [6.07, 6.45) is 2.56. The highest BCUT2D eigenvalue weighted by Crippen LogP contribution is 2.35. The fourth-order valence-corrected chi connectivity index (χ4v) is 4.11. The molecule has 2 aromatic carbocycles. The summed E-state index contributed by atoms with van der Waals surface area (Å²) in [4.78, 5) is 11.8. The number of carbonyl (C=O) groups excluding carboxylic acids is 1. The van der Waals surface area contributed by atoms with Crippen molar-refractivity contribution in [3.8, 4) is 5.69 Å². The molecule has 1 aliphatic heterocycles. The lowest BCUT2D eigenvalue weighted by Crippen LogP contribution is -2.42. The van der Waals surface area contributed by atoms with Gasteiger partial charge < -0.3 is 5.32 Å². The molecule has 0 saturated heterocycles. The highest BCUT2D eigenvalue weighted by molar-refractivity contribution is 7.92. The summed E-state index contributed by atoms with van der Waals surface area (Å²) in [6.45, 7) is -0.435. The molecule has 9 heteroatoms. The van der Waals surface area contributed by atoms with Crippen molar-refractivity contribution in [3.05, 3.63) is 66.7 Å². The maximum atomic E-state index is 14.0. The zero-order valence-corrected chi connectivity index (χ0v) is 14.1. The molecule has 0 aliphatic carbocycles. The normalized spacial score (nSPS) is 14.0. The van der Waals surface area contributed by atoms with Crippen LogP contribution in [0.4, 0.5) is 15.8 Å². The number of sulfonamides is 1. The number of hydrogen-bond donors (Lipinski definition) is 1. The first-order valence-corrected chi connectivity index (χ1v) is 9.12. The van der Waals surface area contributed by atoms with E-state index in [9.17, 15) is 17.6 Å². The van der Waals surface area contributed by atoms with Crippen LogP contribution in [-0.4, -0.2) is 30.7 Å². The predicted octanol–water partition coefficient (Wildman–Crippen LogP) is 2.16. The molecule has 0 fully saturated rings. The molecule has 1 amide bonds. The van der Waals surface area contributed by atoms with Gasteiger partial charge in [0, 0.05) is 0 Å². The van der Waals surface area contributed by atoms with Gasteiger partial charge in [0.1, 0.15) is 22.9 Å². The van der Waals surface area contributed by atoms with Crippen LogP contribution in [0.15, 0.2) is 65.8 Å². The van der Waals surface area contributed by atoms with Crippen molar-refractivity contribution in [2.45, 2.75) is 4.90 Å². The maximum Gasteiger partial charge on any atom is 0.268 e. The van der Waals surface area contributed by atoms with Crippen LogP contribution in [0.25, 0.3) is 5.69 Å². The zero-order valence-electron chi connectivity index (χ0n) is 13.3. The summed E-state index contributed by atoms with van der Waals surface area (Å²) >= 11 is 0. The molecule has 1 N–H and O–H groups in total. The maximum absolute atomic E-state index is 14.0. The van der Waals surface area contributed by atoms with E-state index in [-0.39, 0.29) is 16.3 Å². The number of hydrogen-bond acceptors (Lipinski definition) is 4. The number of fused-ring (bicyclic) bond motifs is 1. The molecule has 4 rings (SSSR count). The van der Waals surface area contributed by atoms with Crippen LogP contribution >= 0.6 is 0 Å². The van der Waals surface area contributed by atoms with E-state index >= 15 is 0 Å². The number of halogens is 1. The largest absolute Gasteiger partial charge is 0.320 e. The molecule has 0 bridgehead atoms. The van der Waals surface area contributed by atoms with Gasteiger partial charge in [0.25, 0.3) is 10.0 Å². The minimum atomic E-state index is -4.09. The number of aromatic nitrogens is 2. The molecule has 0 spiro atoms. The third-order valence-electron chi connectivity index (χ3n) is 3.98. The van der Waals surface area contributed by atoms with Gasteiger partial charge in [-0.15, -0.1) is 0 Å². The summed E-state index contributed by atoms with van der Waals surface area (Å²) in [5.41, 5.74) is 0.622. The molecule has 1 aromatic heterocycles. The van der Waals surface area contributed by atoms with Gasteiger partial charge in [0.05, 0.1) is 23.8 Å². The Kier molecular flexibility index (Phi) is 3.73. The average Bonchev–Trinajstić information content (AvgIpc) is 3.14. The van der Waals surface area contributed by atoms with Gasteiger partial charge >= 0.3 is 0 Å². The van der Waals surface area contributed by atoms with Crippen LogP contribution in [0.3, 0.4) is 0 Å². The summed E-state index contributed by atoms with van der Waals surface area (Å²) in [5, 5.41) is 6.45. The molecule has 0 unspecified atom stereocenters. The number of benzene rings is 2. The van der Waals surface area contributed by atoms with Crippen molar-refractivity contribution < 1.29 is 17.6 Å². The molecule has 132 valence electrons. The number of nitrogens with one attached hydrogen (secondary N) is 1. The quantitative estimate of drug-likeness (QED) is 0.764. The number of para-hydroxylation sites is 2. The number of amides is 1. The van der Waals surface area contributed by atoms with Gasteiger partial charge in [-0.25, -0.2) is 17.5 Å². The second kappa shape index (κ2) is 5.95. The minimum Gasteiger partial charge on any atom is -0.320 e. The van der Waals surface area contributed by atoms with E-state index in [1.165, 1.54) is 29.2 Å². The summed E-state index contributed by atoms with van der Waals surface area (Å²) in [6, 6.07) is 13.0. The van der Waals surface area contributed by atoms with Crippen molar-refractivity contribution >= 4 is 27.3 Å². The van der Waals surface area contributed by atoms with E-state index in [0.29, 0.717) is 5.69 Å². The van der Waals surface area contributed by atoms with Crippen LogP contribution in [0.1, 0.15) is 0 Å². The first-order chi connectivity index (χ1) is 12.5. The lowest BCUT2D eigenvalue weighted by molar-refractivity contribution is -0.115. The molecule has 7 nitrogen and oxygen atoms in total. The smallest absolute Gasteiger partial charge is 0.268 e. The van der Waals surface area contributed by atoms with Crippen LogP contribution in [-0.2, 0) is 14.8 Å². The van der Waals surface area contributed by atoms with Gasteiger partial charge in [-0.05, 0) is 24.3 Å². The van der Waals surface area contributed by atoms with Crippen LogP contribution in [0.5, 0.6) is 0 Å². The molecular weight excluding hydrogens is 359 g/mol. The van der Waals surface area contributed by atoms with Crippen LogP contribution in [0.2, 0.25) is 0 Å². The molecule has 1 aliphatic rings. The lowest BCUT2D eigenvalue weighted by atomic mass is 10.2. The summed E-state index contributed by atoms with van der Waals surface area (Å²) < 4.78 is 42.3. The molecule has 0 radical (unpaired) electrons. The van der Waals surface area contributed by atoms with Crippen molar-refractivity contribution in [1.82, 2.24) is 9.78 Å². The number of anilines is 2. The highest BCUT2D eigenvalue weighted by Gasteiger charge is 2.34. The van der Waals surface area contributed by atoms with Crippen LogP contribution in [0, 0.1) is 5.82 Å². The van der Waals surface area contributed by atoms with E-state index < -0.39 is 28.3 Å². The van der Waals surface area contributed by atoms with E-state index in [1.54, 1.807) is 24.3 Å². The molecule has 3 aromatic rings. The predicted molar refractivity (Wildman–Crippen MR) is 93.1 cm³/mol. The molecule has 0 atom stereocenters. The van der Waals surface area contributed by atoms with E-state index in [2.05, 4.69) is 10.4 Å². The summed E-state index contributed by atoms with van der Waals surface area (Å²) in [5.74, 6) is -1.31. The van der Waals surface area contributed by atoms with E-state index in [4.69, 9.17) is 0 Å². The molecular formula is C17H13FN4O3S. The third kappa shape index (κ3) is 2.62. The number of nitrogens with zero attached hydrogens (tertiary/aromatic N) is 3. The van der Waals surface area contributed by atoms with E-state index in [0.717, 1.165) is 10.4 Å². The monoisotopic (exact) mass is 372 g/mol. The van der Waals surface area contributed by atoms with Gasteiger partial charge in [-0.3, -0.25) is 9.10 Å². The van der Waals surface area contributed by atoms with Gasteiger partial charge in [-0.2, -0.15) is 5.10 Å². The van der Waals surface area contributed by atoms with Crippen molar-refractivity contribution in [2.75, 3.05) is 16.2 Å². The Bertz CT molecular complexity index is 1100. The standard InChI is InChI=1S/C17H13FN4O3S/c18-14-7-4-8-15-17(14)20-16(23)11-22(15)26(24,25)13-9-19-21(10-13)12-5-2-1-3-6-12/h1-10H,11H2,(H,20,23). The van der Waals surface area contributed by atoms with Gasteiger partial charge in [0.15, 0.2) is 0 Å². The minimum absolute atomic E-state index is 0.0806. The number of carbonyl (C=O) groups is 1. The Hall–Kier alpha value is -3.20. The topological polar surface area (TPSA) is 84.3 Å². The average molecular weight is 372 g/mol. The fourth-order valence-electron chi connectivity index (χ4n) is 2.74. The first-order valence-electron chi connectivity index (χ1n) is 7.68. The molecule has 0 saturated carbocycles. The Morgan fingerprint density at radius 1 is 1.08 bits per heavy atom. The van der Waals surface area contributed by atoms with Crippen molar-refractivity contribution in [1.29, 1.82) is 0 Å². The SMILES string of the molecule is O=C1CN(S(=O)(=O)c2cnn(-c3ccccc3)c2)c2cccc(F)c2N1. The Morgan fingerprint density at radius 3 is 2.62 bits per heavy atom. The Morgan fingerprint density at radius 2 is 1.85 bits per heavy atom. The fraction of sp³-hybridized carbons (Fsp3) is 0.0588.